The summed E-state index contributed by atoms with van der Waals surface area (Å²) < 4.78 is 0. The molecule has 24 heavy (non-hydrogen) atoms. The fourth-order valence-corrected chi connectivity index (χ4v) is 3.60. The van der Waals surface area contributed by atoms with Crippen LogP contribution in [0.3, 0.4) is 0 Å². The van der Waals surface area contributed by atoms with Gasteiger partial charge in [-0.05, 0) is 58.3 Å². The summed E-state index contributed by atoms with van der Waals surface area (Å²) in [5, 5.41) is 0. The van der Waals surface area contributed by atoms with Gasteiger partial charge in [0.2, 0.25) is 5.91 Å². The molecule has 1 heterocycles. The van der Waals surface area contributed by atoms with E-state index in [1.165, 1.54) is 0 Å². The first-order valence-electron chi connectivity index (χ1n) is 8.81. The van der Waals surface area contributed by atoms with Gasteiger partial charge in [-0.25, -0.2) is 0 Å². The Morgan fingerprint density at radius 1 is 1.12 bits per heavy atom. The lowest BCUT2D eigenvalue weighted by molar-refractivity contribution is -0.135. The molecule has 5 nitrogen and oxygen atoms in total. The molecule has 134 valence electrons. The highest BCUT2D eigenvalue weighted by atomic mass is 16.2. The molecule has 1 aliphatic rings. The van der Waals surface area contributed by atoms with Crippen LogP contribution < -0.4 is 10.9 Å². The number of amides is 1. The van der Waals surface area contributed by atoms with Gasteiger partial charge < -0.3 is 4.90 Å². The van der Waals surface area contributed by atoms with E-state index in [1.807, 2.05) is 43.1 Å². The smallest absolute Gasteiger partial charge is 0.244 e. The van der Waals surface area contributed by atoms with Crippen LogP contribution >= 0.6 is 0 Å². The number of rotatable bonds is 6. The summed E-state index contributed by atoms with van der Waals surface area (Å²) in [7, 11) is 5.86. The van der Waals surface area contributed by atoms with E-state index in [0.717, 1.165) is 24.1 Å². The van der Waals surface area contributed by atoms with E-state index >= 15 is 0 Å². The minimum absolute atomic E-state index is 0.161. The second-order valence-corrected chi connectivity index (χ2v) is 7.30. The Labute approximate surface area is 146 Å². The van der Waals surface area contributed by atoms with Crippen molar-refractivity contribution in [2.24, 2.45) is 5.92 Å². The van der Waals surface area contributed by atoms with Gasteiger partial charge in [-0.2, -0.15) is 0 Å². The van der Waals surface area contributed by atoms with Crippen molar-refractivity contribution in [2.75, 3.05) is 27.7 Å². The average molecular weight is 332 g/mol. The molecule has 1 aromatic rings. The zero-order valence-corrected chi connectivity index (χ0v) is 15.8. The molecule has 0 aliphatic carbocycles. The van der Waals surface area contributed by atoms with E-state index in [4.69, 9.17) is 0 Å². The number of hydrogen-bond acceptors (Lipinski definition) is 4. The molecular weight excluding hydrogens is 300 g/mol. The van der Waals surface area contributed by atoms with Crippen molar-refractivity contribution in [3.05, 3.63) is 35.4 Å². The zero-order chi connectivity index (χ0) is 17.9. The van der Waals surface area contributed by atoms with Gasteiger partial charge in [0.25, 0.3) is 0 Å². The maximum Gasteiger partial charge on any atom is 0.244 e. The number of carbonyl (C=O) groups is 1. The molecule has 2 rings (SSSR count). The van der Waals surface area contributed by atoms with Crippen molar-refractivity contribution < 1.29 is 4.79 Å². The van der Waals surface area contributed by atoms with Crippen molar-refractivity contribution in [3.8, 4) is 0 Å². The Balaban J connectivity index is 2.05. The summed E-state index contributed by atoms with van der Waals surface area (Å²) >= 11 is 0. The highest BCUT2D eigenvalue weighted by molar-refractivity contribution is 5.83. The lowest BCUT2D eigenvalue weighted by Crippen LogP contribution is -2.40. The van der Waals surface area contributed by atoms with Gasteiger partial charge in [-0.3, -0.25) is 20.5 Å². The first-order chi connectivity index (χ1) is 11.3. The van der Waals surface area contributed by atoms with E-state index in [0.29, 0.717) is 18.0 Å². The van der Waals surface area contributed by atoms with Gasteiger partial charge in [-0.1, -0.05) is 24.3 Å². The molecule has 0 saturated carbocycles. The fraction of sp³-hybridized carbons (Fsp3) is 0.632. The van der Waals surface area contributed by atoms with Crippen LogP contribution in [0.15, 0.2) is 24.3 Å². The van der Waals surface area contributed by atoms with E-state index in [2.05, 4.69) is 43.8 Å². The average Bonchev–Trinajstić information content (AvgIpc) is 2.85. The first-order valence-corrected chi connectivity index (χ1v) is 8.81. The van der Waals surface area contributed by atoms with Gasteiger partial charge in [0.1, 0.15) is 6.04 Å². The molecule has 1 aliphatic heterocycles. The number of aryl methyl sites for hydroxylation is 1. The van der Waals surface area contributed by atoms with Crippen LogP contribution in [0.25, 0.3) is 0 Å². The van der Waals surface area contributed by atoms with E-state index in [-0.39, 0.29) is 11.9 Å². The largest absolute Gasteiger partial charge is 0.344 e. The predicted molar refractivity (Wildman–Crippen MR) is 98.5 cm³/mol. The zero-order valence-electron chi connectivity index (χ0n) is 15.8. The molecule has 0 radical (unpaired) electrons. The highest BCUT2D eigenvalue weighted by Gasteiger charge is 2.31. The fourth-order valence-electron chi connectivity index (χ4n) is 3.60. The number of likely N-dealkylation sites (N-methyl/N-ethyl adjacent to an activating group) is 2. The van der Waals surface area contributed by atoms with Crippen LogP contribution in [0.1, 0.15) is 37.4 Å². The van der Waals surface area contributed by atoms with Crippen LogP contribution in [-0.2, 0) is 4.79 Å². The van der Waals surface area contributed by atoms with Crippen molar-refractivity contribution >= 4 is 5.91 Å². The monoisotopic (exact) mass is 332 g/mol. The van der Waals surface area contributed by atoms with Crippen LogP contribution in [0.4, 0.5) is 0 Å². The van der Waals surface area contributed by atoms with E-state index in [9.17, 15) is 4.79 Å². The van der Waals surface area contributed by atoms with Gasteiger partial charge in [0, 0.05) is 25.7 Å². The third-order valence-electron chi connectivity index (χ3n) is 5.23. The standard InChI is InChI=1S/C19H32N4O/c1-13-9-7-8-10-16(13)18(22(4)5)19(24)23(6)12-11-17-14(2)20-21-15(17)3/h7-10,14-15,17-18,20-21H,11-12H2,1-6H3. The molecule has 0 bridgehead atoms. The Hall–Kier alpha value is -1.43. The Morgan fingerprint density at radius 3 is 2.25 bits per heavy atom. The molecule has 1 aromatic carbocycles. The molecular formula is C19H32N4O. The first kappa shape index (κ1) is 18.9. The van der Waals surface area contributed by atoms with Gasteiger partial charge >= 0.3 is 0 Å². The predicted octanol–water partition coefficient (Wildman–Crippen LogP) is 1.95. The maximum atomic E-state index is 13.1. The third-order valence-corrected chi connectivity index (χ3v) is 5.23. The minimum Gasteiger partial charge on any atom is -0.344 e. The molecule has 1 saturated heterocycles. The number of nitrogens with zero attached hydrogens (tertiary/aromatic N) is 2. The summed E-state index contributed by atoms with van der Waals surface area (Å²) in [5.41, 5.74) is 8.81. The summed E-state index contributed by atoms with van der Waals surface area (Å²) in [6.45, 7) is 7.23. The molecule has 2 N–H and O–H groups in total. The van der Waals surface area contributed by atoms with Crippen molar-refractivity contribution in [1.29, 1.82) is 0 Å². The second kappa shape index (κ2) is 8.10. The maximum absolute atomic E-state index is 13.1. The van der Waals surface area contributed by atoms with Gasteiger partial charge in [0.15, 0.2) is 0 Å². The Morgan fingerprint density at radius 2 is 1.71 bits per heavy atom. The minimum atomic E-state index is -0.231. The van der Waals surface area contributed by atoms with Crippen LogP contribution in [0.2, 0.25) is 0 Å². The lowest BCUT2D eigenvalue weighted by atomic mass is 9.92. The molecule has 5 heteroatoms. The number of benzene rings is 1. The van der Waals surface area contributed by atoms with Crippen LogP contribution in [-0.4, -0.2) is 55.5 Å². The molecule has 1 amide bonds. The molecule has 1 fully saturated rings. The van der Waals surface area contributed by atoms with Crippen LogP contribution in [0.5, 0.6) is 0 Å². The number of carbonyl (C=O) groups excluding carboxylic acids is 1. The Kier molecular flexibility index (Phi) is 6.38. The summed E-state index contributed by atoms with van der Waals surface area (Å²) in [4.78, 5) is 16.9. The highest BCUT2D eigenvalue weighted by Crippen LogP contribution is 2.25. The van der Waals surface area contributed by atoms with Crippen molar-refractivity contribution in [1.82, 2.24) is 20.7 Å². The molecule has 3 atom stereocenters. The summed E-state index contributed by atoms with van der Waals surface area (Å²) in [6, 6.07) is 8.78. The summed E-state index contributed by atoms with van der Waals surface area (Å²) in [6.07, 6.45) is 0.999. The van der Waals surface area contributed by atoms with E-state index < -0.39 is 0 Å². The molecule has 0 aromatic heterocycles. The van der Waals surface area contributed by atoms with Gasteiger partial charge in [-0.15, -0.1) is 0 Å². The van der Waals surface area contributed by atoms with Crippen molar-refractivity contribution in [2.45, 2.75) is 45.3 Å². The topological polar surface area (TPSA) is 47.6 Å². The van der Waals surface area contributed by atoms with Crippen molar-refractivity contribution in [3.63, 3.8) is 0 Å². The van der Waals surface area contributed by atoms with Crippen LogP contribution in [0, 0.1) is 12.8 Å². The SMILES string of the molecule is Cc1ccccc1C(C(=O)N(C)CCC1C(C)NNC1C)N(C)C. The molecule has 0 spiro atoms. The normalized spacial score (nSPS) is 25.0. The number of hydrazine groups is 1. The third kappa shape index (κ3) is 4.15. The molecule has 3 unspecified atom stereocenters. The lowest BCUT2D eigenvalue weighted by Gasteiger charge is -2.30. The number of nitrogens with one attached hydrogen (secondary N) is 2. The van der Waals surface area contributed by atoms with Gasteiger partial charge in [0.05, 0.1) is 0 Å². The van der Waals surface area contributed by atoms with E-state index in [1.54, 1.807) is 0 Å². The number of hydrogen-bond donors (Lipinski definition) is 2. The quantitative estimate of drug-likeness (QED) is 0.836. The Bertz CT molecular complexity index is 550. The second-order valence-electron chi connectivity index (χ2n) is 7.30. The summed E-state index contributed by atoms with van der Waals surface area (Å²) in [5.74, 6) is 0.699.